The molecule has 0 bridgehead atoms. The lowest BCUT2D eigenvalue weighted by molar-refractivity contribution is -0.115. The summed E-state index contributed by atoms with van der Waals surface area (Å²) in [6.45, 7) is 0.113. The minimum Gasteiger partial charge on any atom is -0.493 e. The SMILES string of the molecule is COCCOC(=O)Nc1cccc(NC(=O)CNC(=O)c2cc(OC)c(OC)c(OC)c2)c1. The molecule has 0 aliphatic carbocycles. The first-order valence-electron chi connectivity index (χ1n) is 9.82. The second kappa shape index (κ2) is 12.8. The molecule has 0 radical (unpaired) electrons. The highest BCUT2D eigenvalue weighted by Gasteiger charge is 2.17. The standard InChI is InChI=1S/C22H27N3O8/c1-29-8-9-33-22(28)25-16-7-5-6-15(12-16)24-19(26)13-23-21(27)14-10-17(30-2)20(32-4)18(11-14)31-3/h5-7,10-12H,8-9,13H2,1-4H3,(H,23,27)(H,24,26)(H,25,28). The van der Waals surface area contributed by atoms with E-state index in [1.807, 2.05) is 0 Å². The van der Waals surface area contributed by atoms with Crippen molar-refractivity contribution in [3.63, 3.8) is 0 Å². The Morgan fingerprint density at radius 3 is 2.03 bits per heavy atom. The van der Waals surface area contributed by atoms with Crippen molar-refractivity contribution < 1.29 is 38.1 Å². The van der Waals surface area contributed by atoms with Crippen LogP contribution in [0.5, 0.6) is 17.2 Å². The van der Waals surface area contributed by atoms with Gasteiger partial charge in [0.15, 0.2) is 11.5 Å². The lowest BCUT2D eigenvalue weighted by Gasteiger charge is -2.14. The number of hydrogen-bond acceptors (Lipinski definition) is 8. The molecular formula is C22H27N3O8. The minimum absolute atomic E-state index is 0.115. The van der Waals surface area contributed by atoms with Crippen molar-refractivity contribution in [2.75, 3.05) is 58.8 Å². The number of carbonyl (C=O) groups is 3. The molecule has 0 saturated carbocycles. The van der Waals surface area contributed by atoms with E-state index < -0.39 is 17.9 Å². The van der Waals surface area contributed by atoms with Gasteiger partial charge in [-0.05, 0) is 30.3 Å². The molecule has 178 valence electrons. The Labute approximate surface area is 191 Å². The summed E-state index contributed by atoms with van der Waals surface area (Å²) in [6, 6.07) is 9.44. The zero-order valence-corrected chi connectivity index (χ0v) is 18.9. The van der Waals surface area contributed by atoms with Crippen molar-refractivity contribution in [1.29, 1.82) is 0 Å². The highest BCUT2D eigenvalue weighted by atomic mass is 16.6. The van der Waals surface area contributed by atoms with Gasteiger partial charge >= 0.3 is 6.09 Å². The van der Waals surface area contributed by atoms with Crippen LogP contribution in [0.3, 0.4) is 0 Å². The lowest BCUT2D eigenvalue weighted by atomic mass is 10.1. The van der Waals surface area contributed by atoms with E-state index in [1.165, 1.54) is 40.6 Å². The van der Waals surface area contributed by atoms with Gasteiger partial charge in [-0.3, -0.25) is 14.9 Å². The van der Waals surface area contributed by atoms with Crippen molar-refractivity contribution in [1.82, 2.24) is 5.32 Å². The van der Waals surface area contributed by atoms with Crippen LogP contribution in [0, 0.1) is 0 Å². The van der Waals surface area contributed by atoms with Gasteiger partial charge in [-0.2, -0.15) is 0 Å². The van der Waals surface area contributed by atoms with Gasteiger partial charge in [0, 0.05) is 24.0 Å². The topological polar surface area (TPSA) is 133 Å². The first-order chi connectivity index (χ1) is 15.9. The summed E-state index contributed by atoms with van der Waals surface area (Å²) in [6.07, 6.45) is -0.645. The molecule has 11 heteroatoms. The smallest absolute Gasteiger partial charge is 0.411 e. The van der Waals surface area contributed by atoms with Crippen LogP contribution in [-0.2, 0) is 14.3 Å². The largest absolute Gasteiger partial charge is 0.493 e. The van der Waals surface area contributed by atoms with E-state index in [0.717, 1.165) is 0 Å². The molecule has 0 aromatic heterocycles. The van der Waals surface area contributed by atoms with Gasteiger partial charge in [-0.1, -0.05) is 6.07 Å². The highest BCUT2D eigenvalue weighted by molar-refractivity contribution is 6.00. The molecule has 0 aliphatic heterocycles. The molecular weight excluding hydrogens is 434 g/mol. The number of methoxy groups -OCH3 is 4. The monoisotopic (exact) mass is 461 g/mol. The molecule has 2 aromatic rings. The average molecular weight is 461 g/mol. The van der Waals surface area contributed by atoms with Crippen molar-refractivity contribution in [3.8, 4) is 17.2 Å². The molecule has 0 unspecified atom stereocenters. The number of rotatable bonds is 11. The van der Waals surface area contributed by atoms with E-state index in [2.05, 4.69) is 16.0 Å². The summed E-state index contributed by atoms with van der Waals surface area (Å²) < 4.78 is 25.4. The van der Waals surface area contributed by atoms with Gasteiger partial charge < -0.3 is 34.3 Å². The van der Waals surface area contributed by atoms with Gasteiger partial charge in [0.2, 0.25) is 11.7 Å². The fraction of sp³-hybridized carbons (Fsp3) is 0.318. The maximum Gasteiger partial charge on any atom is 0.411 e. The summed E-state index contributed by atoms with van der Waals surface area (Å²) >= 11 is 0. The predicted octanol–water partition coefficient (Wildman–Crippen LogP) is 2.28. The third-order valence-corrected chi connectivity index (χ3v) is 4.25. The van der Waals surface area contributed by atoms with E-state index in [9.17, 15) is 14.4 Å². The van der Waals surface area contributed by atoms with Crippen LogP contribution >= 0.6 is 0 Å². The average Bonchev–Trinajstić information content (AvgIpc) is 2.81. The van der Waals surface area contributed by atoms with Crippen LogP contribution in [0.4, 0.5) is 16.2 Å². The number of ether oxygens (including phenoxy) is 5. The van der Waals surface area contributed by atoms with Gasteiger partial charge in [0.1, 0.15) is 6.61 Å². The van der Waals surface area contributed by atoms with Crippen molar-refractivity contribution in [3.05, 3.63) is 42.0 Å². The number of anilines is 2. The molecule has 0 saturated heterocycles. The Morgan fingerprint density at radius 2 is 1.45 bits per heavy atom. The van der Waals surface area contributed by atoms with E-state index >= 15 is 0 Å². The summed E-state index contributed by atoms with van der Waals surface area (Å²) in [4.78, 5) is 36.5. The maximum atomic E-state index is 12.5. The molecule has 0 fully saturated rings. The Balaban J connectivity index is 1.94. The third-order valence-electron chi connectivity index (χ3n) is 4.25. The number of amides is 3. The zero-order valence-electron chi connectivity index (χ0n) is 18.9. The predicted molar refractivity (Wildman–Crippen MR) is 120 cm³/mol. The van der Waals surface area contributed by atoms with E-state index in [0.29, 0.717) is 28.6 Å². The summed E-state index contributed by atoms with van der Waals surface area (Å²) in [7, 11) is 5.84. The fourth-order valence-electron chi connectivity index (χ4n) is 2.73. The summed E-state index contributed by atoms with van der Waals surface area (Å²) in [5.74, 6) is 0.0210. The lowest BCUT2D eigenvalue weighted by Crippen LogP contribution is -2.32. The van der Waals surface area contributed by atoms with Crippen LogP contribution in [0.15, 0.2) is 36.4 Å². The molecule has 0 heterocycles. The van der Waals surface area contributed by atoms with Gasteiger partial charge in [0.05, 0.1) is 34.5 Å². The maximum absolute atomic E-state index is 12.5. The van der Waals surface area contributed by atoms with E-state index in [-0.39, 0.29) is 25.3 Å². The Morgan fingerprint density at radius 1 is 0.818 bits per heavy atom. The van der Waals surface area contributed by atoms with Gasteiger partial charge in [-0.15, -0.1) is 0 Å². The summed E-state index contributed by atoms with van der Waals surface area (Å²) in [5, 5.41) is 7.72. The third kappa shape index (κ3) is 7.58. The van der Waals surface area contributed by atoms with Crippen molar-refractivity contribution in [2.24, 2.45) is 0 Å². The van der Waals surface area contributed by atoms with Crippen LogP contribution < -0.4 is 30.2 Å². The fourth-order valence-corrected chi connectivity index (χ4v) is 2.73. The first-order valence-corrected chi connectivity index (χ1v) is 9.82. The quantitative estimate of drug-likeness (QED) is 0.434. The Kier molecular flexibility index (Phi) is 9.78. The normalized spacial score (nSPS) is 10.1. The molecule has 2 aromatic carbocycles. The van der Waals surface area contributed by atoms with Crippen molar-refractivity contribution >= 4 is 29.3 Å². The highest BCUT2D eigenvalue weighted by Crippen LogP contribution is 2.38. The zero-order chi connectivity index (χ0) is 24.2. The Hall–Kier alpha value is -3.99. The number of carbonyl (C=O) groups excluding carboxylic acids is 3. The van der Waals surface area contributed by atoms with Crippen LogP contribution in [0.2, 0.25) is 0 Å². The number of benzene rings is 2. The van der Waals surface area contributed by atoms with Crippen LogP contribution in [0.1, 0.15) is 10.4 Å². The first kappa shape index (κ1) is 25.3. The molecule has 11 nitrogen and oxygen atoms in total. The molecule has 0 spiro atoms. The molecule has 2 rings (SSSR count). The molecule has 3 N–H and O–H groups in total. The molecule has 3 amide bonds. The molecule has 0 aliphatic rings. The second-order valence-corrected chi connectivity index (χ2v) is 6.48. The molecule has 0 atom stereocenters. The van der Waals surface area contributed by atoms with Crippen LogP contribution in [0.25, 0.3) is 0 Å². The van der Waals surface area contributed by atoms with Crippen LogP contribution in [-0.4, -0.2) is 66.1 Å². The summed E-state index contributed by atoms with van der Waals surface area (Å²) in [5.41, 5.74) is 1.09. The van der Waals surface area contributed by atoms with E-state index in [1.54, 1.807) is 24.3 Å². The van der Waals surface area contributed by atoms with Crippen molar-refractivity contribution in [2.45, 2.75) is 0 Å². The van der Waals surface area contributed by atoms with Gasteiger partial charge in [-0.25, -0.2) is 4.79 Å². The minimum atomic E-state index is -0.645. The number of hydrogen-bond donors (Lipinski definition) is 3. The van der Waals surface area contributed by atoms with Gasteiger partial charge in [0.25, 0.3) is 5.91 Å². The van der Waals surface area contributed by atoms with E-state index in [4.69, 9.17) is 23.7 Å². The Bertz CT molecular complexity index is 955. The second-order valence-electron chi connectivity index (χ2n) is 6.48. The molecule has 33 heavy (non-hydrogen) atoms. The number of nitrogens with one attached hydrogen (secondary N) is 3.